The van der Waals surface area contributed by atoms with Gasteiger partial charge in [-0.1, -0.05) is 428 Å². The fraction of sp³-hybridized carbons (Fsp3) is 0.421. The van der Waals surface area contributed by atoms with E-state index < -0.39 is 108 Å². The zero-order chi connectivity index (χ0) is 105. The van der Waals surface area contributed by atoms with E-state index >= 15 is 0 Å². The summed E-state index contributed by atoms with van der Waals surface area (Å²) in [6.45, 7) is 47.2. The Hall–Kier alpha value is -12.1. The van der Waals surface area contributed by atoms with E-state index in [4.69, 9.17) is 23.7 Å². The van der Waals surface area contributed by atoms with Gasteiger partial charge in [-0.05, 0) is 141 Å². The Balaban J connectivity index is 0.000000263. The number of alkyl carbamates (subject to hydrolysis) is 1. The Labute approximate surface area is 855 Å². The third-order valence-electron chi connectivity index (χ3n) is 27.2. The molecule has 0 aromatic heterocycles. The highest BCUT2D eigenvalue weighted by Gasteiger charge is 2.61. The van der Waals surface area contributed by atoms with E-state index in [2.05, 4.69) is 182 Å². The SMILES string of the molecule is CC(C)(C)[Si](Cc1ccccc1)(OC(=O)[C@H](Cc1ccccc1)NC(=O)[C@@H](CCC(=O)c1ccccc1)Cc1ccccc1)C(C)(C)C.C[C@H](N)C(=O)C[C@@H](Cc1ccccc1)C(=O)N[C@@H](Cc1ccccc1)C(=O)O[Si](Cc1ccccc1)(C(C)(C)C)C(C)(C)C.C[C@H](NC(=O)OC(C)(C)C)C(=O)C[C@@H](Cc1ccccc1)C(=O)N[C@@H](Cc1ccccc1)C(=O)O[Si](Cc1ccccc1)(C(C)(C)C)C(C)(C)C. The lowest BCUT2D eigenvalue weighted by Crippen LogP contribution is -2.60. The van der Waals surface area contributed by atoms with E-state index in [1.807, 2.05) is 255 Å². The molecule has 4 amide bonds. The van der Waals surface area contributed by atoms with Crippen molar-refractivity contribution in [3.05, 3.63) is 359 Å². The zero-order valence-electron chi connectivity index (χ0n) is 89.0. The summed E-state index contributed by atoms with van der Waals surface area (Å²) in [7, 11) is -8.87. The van der Waals surface area contributed by atoms with Crippen molar-refractivity contribution >= 4 is 84.0 Å². The van der Waals surface area contributed by atoms with E-state index in [-0.39, 0.29) is 97.9 Å². The number of benzene rings is 10. The molecule has 0 aliphatic heterocycles. The van der Waals surface area contributed by atoms with E-state index in [1.165, 1.54) is 0 Å². The van der Waals surface area contributed by atoms with Crippen LogP contribution < -0.4 is 27.0 Å². The Morgan fingerprint density at radius 2 is 0.497 bits per heavy atom. The third-order valence-corrected chi connectivity index (χ3v) is 46.1. The van der Waals surface area contributed by atoms with Crippen molar-refractivity contribution in [2.24, 2.45) is 23.5 Å². The number of ether oxygens (including phenoxy) is 1. The molecule has 10 rings (SSSR count). The van der Waals surface area contributed by atoms with E-state index in [9.17, 15) is 47.9 Å². The van der Waals surface area contributed by atoms with Crippen LogP contribution in [-0.2, 0) is 113 Å². The van der Waals surface area contributed by atoms with Crippen LogP contribution in [-0.4, -0.2) is 120 Å². The van der Waals surface area contributed by atoms with Gasteiger partial charge in [0.25, 0.3) is 25.0 Å². The van der Waals surface area contributed by atoms with Crippen LogP contribution in [0.2, 0.25) is 30.2 Å². The van der Waals surface area contributed by atoms with Gasteiger partial charge in [0.2, 0.25) is 17.7 Å². The van der Waals surface area contributed by atoms with Gasteiger partial charge in [-0.15, -0.1) is 0 Å². The molecule has 0 aliphatic rings. The van der Waals surface area contributed by atoms with Crippen LogP contribution in [0.3, 0.4) is 0 Å². The molecule has 0 unspecified atom stereocenters. The number of nitrogens with one attached hydrogen (secondary N) is 4. The number of carbonyl (C=O) groups is 10. The average molecular weight is 1990 g/mol. The minimum Gasteiger partial charge on any atom is -0.516 e. The quantitative estimate of drug-likeness (QED) is 0.0176. The second kappa shape index (κ2) is 52.4. The number of amides is 4. The van der Waals surface area contributed by atoms with Gasteiger partial charge in [0, 0.05) is 80.0 Å². The minimum absolute atomic E-state index is 0.00578. The van der Waals surface area contributed by atoms with Gasteiger partial charge in [0.05, 0.1) is 12.1 Å². The summed E-state index contributed by atoms with van der Waals surface area (Å²) in [5, 5.41) is 9.89. The number of hydrogen-bond acceptors (Lipinski definition) is 15. The number of carbonyl (C=O) groups excluding carboxylic acids is 10. The van der Waals surface area contributed by atoms with E-state index in [0.29, 0.717) is 49.4 Å². The molecule has 10 aromatic carbocycles. The topological polar surface area (TPSA) is 282 Å². The summed E-state index contributed by atoms with van der Waals surface area (Å²) in [6.07, 6.45) is 1.59. The van der Waals surface area contributed by atoms with Crippen LogP contribution in [0.1, 0.15) is 245 Å². The zero-order valence-corrected chi connectivity index (χ0v) is 92.0. The van der Waals surface area contributed by atoms with Crippen molar-refractivity contribution < 1.29 is 66.0 Å². The monoisotopic (exact) mass is 1990 g/mol. The van der Waals surface area contributed by atoms with Crippen molar-refractivity contribution in [1.82, 2.24) is 21.3 Å². The summed E-state index contributed by atoms with van der Waals surface area (Å²) >= 11 is 0. The number of hydrogen-bond donors (Lipinski definition) is 5. The Morgan fingerprint density at radius 1 is 0.280 bits per heavy atom. The van der Waals surface area contributed by atoms with Crippen LogP contribution in [0.15, 0.2) is 303 Å². The maximum Gasteiger partial charge on any atom is 0.408 e. The standard InChI is InChI=1S/C42H58N2O6Si.C42H51NO4Si.C37H50N2O4Si/c1-30(43-39(48)49-40(2,3)4)36(45)28-34(26-31-20-14-11-15-21-31)37(46)44-35(27-32-22-16-12-17-23-32)38(47)50-51(41(5,6)7,42(8,9)10)29-33-24-18-13-19-25-33;1-41(2,3)48(42(4,5)6,31-34-23-15-9-16-24-34)47-40(46)37(30-33-21-13-8-14-22-33)43-39(45)36(29-32-19-11-7-12-20-32)27-28-38(44)35-25-17-10-18-26-35;1-27(38)33(40)25-31(23-28-17-11-8-12-18-28)34(41)39-32(24-29-19-13-9-14-20-29)35(42)43-44(36(2,3)4,37(5,6)7)26-30-21-15-10-16-22-30/h11-25,30,34-35H,26-29H2,1-10H3,(H,43,48)(H,44,46);7-26,36-37H,27-31H2,1-6H3,(H,43,45);8-22,27,31-32H,23-26,38H2,1-7H3,(H,39,41)/t30-,34+,35-;36-,37-;27-,31+,32-/m000/s1. The van der Waals surface area contributed by atoms with Gasteiger partial charge in [0.1, 0.15) is 29.5 Å². The predicted molar refractivity (Wildman–Crippen MR) is 583 cm³/mol. The molecule has 10 aromatic rings. The van der Waals surface area contributed by atoms with Crippen molar-refractivity contribution in [3.63, 3.8) is 0 Å². The Kier molecular flexibility index (Phi) is 42.6. The first-order valence-electron chi connectivity index (χ1n) is 50.5. The molecule has 0 radical (unpaired) electrons. The van der Waals surface area contributed by atoms with Gasteiger partial charge in [-0.2, -0.15) is 0 Å². The Morgan fingerprint density at radius 3 is 0.734 bits per heavy atom. The van der Waals surface area contributed by atoms with Crippen LogP contribution in [0, 0.1) is 17.8 Å². The fourth-order valence-electron chi connectivity index (χ4n) is 19.4. The second-order valence-electron chi connectivity index (χ2n) is 45.5. The minimum atomic E-state index is -3.00. The summed E-state index contributed by atoms with van der Waals surface area (Å²) < 4.78 is 25.9. The molecule has 0 saturated heterocycles. The average Bonchev–Trinajstić information content (AvgIpc) is 0.754. The molecule has 19 nitrogen and oxygen atoms in total. The van der Waals surface area contributed by atoms with Crippen LogP contribution >= 0.6 is 0 Å². The fourth-order valence-corrected chi connectivity index (χ4v) is 35.3. The summed E-state index contributed by atoms with van der Waals surface area (Å²) in [4.78, 5) is 138. The first kappa shape index (κ1) is 116. The van der Waals surface area contributed by atoms with Gasteiger partial charge in [-0.3, -0.25) is 43.2 Å². The molecular weight excluding hydrogens is 1830 g/mol. The number of Topliss-reactive ketones (excluding diaryl/α,β-unsaturated/α-hetero) is 3. The van der Waals surface area contributed by atoms with Crippen LogP contribution in [0.4, 0.5) is 4.79 Å². The highest BCUT2D eigenvalue weighted by Crippen LogP contribution is 2.56. The van der Waals surface area contributed by atoms with Gasteiger partial charge in [0.15, 0.2) is 11.6 Å². The van der Waals surface area contributed by atoms with Crippen LogP contribution in [0.25, 0.3) is 0 Å². The smallest absolute Gasteiger partial charge is 0.408 e. The summed E-state index contributed by atoms with van der Waals surface area (Å²) in [6, 6.07) is 95.0. The van der Waals surface area contributed by atoms with E-state index in [0.717, 1.165) is 50.1 Å². The number of ketones is 3. The van der Waals surface area contributed by atoms with E-state index in [1.54, 1.807) is 46.8 Å². The molecule has 0 fully saturated rings. The molecule has 8 atom stereocenters. The summed E-state index contributed by atoms with van der Waals surface area (Å²) in [5.41, 5.74) is 14.7. The summed E-state index contributed by atoms with van der Waals surface area (Å²) in [5.74, 6) is -4.90. The molecule has 0 saturated carbocycles. The van der Waals surface area contributed by atoms with Crippen molar-refractivity contribution in [2.45, 2.75) is 308 Å². The lowest BCUT2D eigenvalue weighted by molar-refractivity contribution is -0.142. The molecular formula is C121H159N5O14Si3. The molecule has 6 N–H and O–H groups in total. The van der Waals surface area contributed by atoms with Gasteiger partial charge >= 0.3 is 24.0 Å². The lowest BCUT2D eigenvalue weighted by atomic mass is 9.91. The van der Waals surface area contributed by atoms with Gasteiger partial charge in [-0.25, -0.2) is 4.79 Å². The molecule has 0 heterocycles. The third kappa shape index (κ3) is 35.1. The molecule has 0 bridgehead atoms. The number of nitrogens with two attached hydrogens (primary N) is 1. The molecule has 0 aliphatic carbocycles. The highest BCUT2D eigenvalue weighted by atomic mass is 28.4. The molecule has 22 heteroatoms. The van der Waals surface area contributed by atoms with Crippen molar-refractivity contribution in [3.8, 4) is 0 Å². The second-order valence-corrected chi connectivity index (χ2v) is 61.1. The lowest BCUT2D eigenvalue weighted by Gasteiger charge is -2.50. The first-order chi connectivity index (χ1) is 67.1. The molecule has 143 heavy (non-hydrogen) atoms. The van der Waals surface area contributed by atoms with Crippen molar-refractivity contribution in [2.75, 3.05) is 0 Å². The normalized spacial score (nSPS) is 13.9. The maximum absolute atomic E-state index is 14.6. The largest absolute Gasteiger partial charge is 0.516 e. The maximum atomic E-state index is 14.6. The Bertz CT molecular complexity index is 5640. The first-order valence-corrected chi connectivity index (χ1v) is 56.8. The highest BCUT2D eigenvalue weighted by molar-refractivity contribution is 6.81. The van der Waals surface area contributed by atoms with Gasteiger partial charge < -0.3 is 45.0 Å². The molecule has 764 valence electrons. The number of rotatable bonds is 41. The predicted octanol–water partition coefficient (Wildman–Crippen LogP) is 24.2. The van der Waals surface area contributed by atoms with Crippen molar-refractivity contribution in [1.29, 1.82) is 0 Å². The molecule has 0 spiro atoms. The van der Waals surface area contributed by atoms with Crippen LogP contribution in [0.5, 0.6) is 0 Å².